The van der Waals surface area contributed by atoms with Gasteiger partial charge in [-0.15, -0.1) is 5.10 Å². The zero-order chi connectivity index (χ0) is 18.1. The molecule has 2 aliphatic rings. The van der Waals surface area contributed by atoms with Crippen LogP contribution in [0.2, 0.25) is 10.0 Å². The van der Waals surface area contributed by atoms with E-state index in [0.717, 1.165) is 25.7 Å². The Hall–Kier alpha value is -1.63. The molecule has 1 amide bonds. The summed E-state index contributed by atoms with van der Waals surface area (Å²) in [6, 6.07) is 5.23. The Morgan fingerprint density at radius 1 is 1.27 bits per heavy atom. The van der Waals surface area contributed by atoms with Gasteiger partial charge in [-0.3, -0.25) is 4.79 Å². The molecule has 138 valence electrons. The van der Waals surface area contributed by atoms with Gasteiger partial charge in [-0.05, 0) is 37.8 Å². The predicted octanol–water partition coefficient (Wildman–Crippen LogP) is 3.80. The summed E-state index contributed by atoms with van der Waals surface area (Å²) in [6.07, 6.45) is 7.64. The summed E-state index contributed by atoms with van der Waals surface area (Å²) in [7, 11) is 0. The molecule has 0 bridgehead atoms. The molecule has 1 N–H and O–H groups in total. The lowest BCUT2D eigenvalue weighted by atomic mass is 9.89. The van der Waals surface area contributed by atoms with E-state index in [9.17, 15) is 4.79 Å². The summed E-state index contributed by atoms with van der Waals surface area (Å²) in [6.45, 7) is 0.679. The molecule has 2 aromatic rings. The van der Waals surface area contributed by atoms with Crippen molar-refractivity contribution in [1.29, 1.82) is 0 Å². The monoisotopic (exact) mass is 394 g/mol. The van der Waals surface area contributed by atoms with Gasteiger partial charge in [-0.25, -0.2) is 4.68 Å². The van der Waals surface area contributed by atoms with Crippen molar-refractivity contribution in [2.75, 3.05) is 6.61 Å². The minimum absolute atomic E-state index is 0.0548. The molecule has 6 nitrogen and oxygen atoms in total. The van der Waals surface area contributed by atoms with Gasteiger partial charge in [0.05, 0.1) is 21.8 Å². The lowest BCUT2D eigenvalue weighted by Gasteiger charge is -2.38. The summed E-state index contributed by atoms with van der Waals surface area (Å²) in [4.78, 5) is 12.9. The molecule has 1 aromatic heterocycles. The van der Waals surface area contributed by atoms with Gasteiger partial charge in [-0.1, -0.05) is 47.3 Å². The summed E-state index contributed by atoms with van der Waals surface area (Å²) in [5, 5.41) is 11.8. The number of ether oxygens (including phenoxy) is 1. The van der Waals surface area contributed by atoms with Crippen LogP contribution in [0.25, 0.3) is 5.69 Å². The highest BCUT2D eigenvalue weighted by Gasteiger charge is 2.40. The van der Waals surface area contributed by atoms with Crippen molar-refractivity contribution in [3.63, 3.8) is 0 Å². The van der Waals surface area contributed by atoms with E-state index in [-0.39, 0.29) is 17.6 Å². The largest absolute Gasteiger partial charge is 0.375 e. The zero-order valence-corrected chi connectivity index (χ0v) is 15.8. The minimum atomic E-state index is -0.231. The number of hydrogen-bond donors (Lipinski definition) is 1. The summed E-state index contributed by atoms with van der Waals surface area (Å²) >= 11 is 12.5. The molecule has 8 heteroatoms. The van der Waals surface area contributed by atoms with Crippen LogP contribution in [0.4, 0.5) is 0 Å². The fourth-order valence-electron chi connectivity index (χ4n) is 4.02. The van der Waals surface area contributed by atoms with Crippen LogP contribution in [0.15, 0.2) is 24.4 Å². The van der Waals surface area contributed by atoms with Crippen molar-refractivity contribution in [3.8, 4) is 5.69 Å². The number of rotatable bonds is 3. The molecule has 2 fully saturated rings. The van der Waals surface area contributed by atoms with Crippen LogP contribution < -0.4 is 5.32 Å². The van der Waals surface area contributed by atoms with Crippen LogP contribution in [-0.4, -0.2) is 39.2 Å². The third kappa shape index (κ3) is 3.33. The van der Waals surface area contributed by atoms with Gasteiger partial charge >= 0.3 is 0 Å². The van der Waals surface area contributed by atoms with Gasteiger partial charge in [0.2, 0.25) is 0 Å². The Morgan fingerprint density at radius 2 is 2.00 bits per heavy atom. The summed E-state index contributed by atoms with van der Waals surface area (Å²) < 4.78 is 7.43. The molecule has 2 heterocycles. The van der Waals surface area contributed by atoms with E-state index in [1.165, 1.54) is 23.7 Å². The standard InChI is InChI=1S/C18H20Cl2N4O2/c19-13-4-3-5-14(20)16(13)24-15(11-21-23-24)17(25)22-12-6-9-26-18(10-12)7-1-2-8-18/h3-5,11-12H,1-2,6-10H2,(H,22,25). The van der Waals surface area contributed by atoms with E-state index in [0.29, 0.717) is 28.0 Å². The number of hydrogen-bond acceptors (Lipinski definition) is 4. The maximum atomic E-state index is 12.9. The molecule has 26 heavy (non-hydrogen) atoms. The lowest BCUT2D eigenvalue weighted by molar-refractivity contribution is -0.0823. The molecule has 1 spiro atoms. The second-order valence-electron chi connectivity index (χ2n) is 7.00. The van der Waals surface area contributed by atoms with Crippen LogP contribution in [0.5, 0.6) is 0 Å². The Morgan fingerprint density at radius 3 is 2.73 bits per heavy atom. The Bertz CT molecular complexity index is 797. The fourth-order valence-corrected chi connectivity index (χ4v) is 4.58. The second kappa shape index (κ2) is 7.18. The van der Waals surface area contributed by atoms with Crippen molar-refractivity contribution >= 4 is 29.1 Å². The SMILES string of the molecule is O=C(NC1CCOC2(CCCC2)C1)c1cnnn1-c1c(Cl)cccc1Cl. The predicted molar refractivity (Wildman–Crippen MR) is 99.0 cm³/mol. The number of nitrogens with one attached hydrogen (secondary N) is 1. The number of amides is 1. The van der Waals surface area contributed by atoms with E-state index >= 15 is 0 Å². The van der Waals surface area contributed by atoms with E-state index < -0.39 is 0 Å². The molecule has 4 rings (SSSR count). The average molecular weight is 395 g/mol. The first-order valence-corrected chi connectivity index (χ1v) is 9.63. The highest BCUT2D eigenvalue weighted by Crippen LogP contribution is 2.40. The lowest BCUT2D eigenvalue weighted by Crippen LogP contribution is -2.47. The molecule has 1 aromatic carbocycles. The Labute approximate surface area is 161 Å². The van der Waals surface area contributed by atoms with Crippen molar-refractivity contribution in [1.82, 2.24) is 20.3 Å². The van der Waals surface area contributed by atoms with Crippen molar-refractivity contribution < 1.29 is 9.53 Å². The molecular formula is C18H20Cl2N4O2. The Kier molecular flexibility index (Phi) is 4.90. The molecule has 1 aliphatic carbocycles. The van der Waals surface area contributed by atoms with Gasteiger partial charge < -0.3 is 10.1 Å². The number of para-hydroxylation sites is 1. The van der Waals surface area contributed by atoms with Gasteiger partial charge in [0, 0.05) is 12.6 Å². The molecular weight excluding hydrogens is 375 g/mol. The first-order valence-electron chi connectivity index (χ1n) is 8.88. The first-order chi connectivity index (χ1) is 12.6. The van der Waals surface area contributed by atoms with E-state index in [4.69, 9.17) is 27.9 Å². The zero-order valence-electron chi connectivity index (χ0n) is 14.3. The summed E-state index contributed by atoms with van der Waals surface area (Å²) in [5.41, 5.74) is 0.713. The highest BCUT2D eigenvalue weighted by molar-refractivity contribution is 6.37. The van der Waals surface area contributed by atoms with Crippen LogP contribution in [0.1, 0.15) is 49.0 Å². The fraction of sp³-hybridized carbons (Fsp3) is 0.500. The van der Waals surface area contributed by atoms with Crippen molar-refractivity contribution in [3.05, 3.63) is 40.1 Å². The highest BCUT2D eigenvalue weighted by atomic mass is 35.5. The van der Waals surface area contributed by atoms with Crippen molar-refractivity contribution in [2.45, 2.75) is 50.2 Å². The molecule has 1 unspecified atom stereocenters. The second-order valence-corrected chi connectivity index (χ2v) is 7.82. The van der Waals surface area contributed by atoms with E-state index in [1.807, 2.05) is 0 Å². The number of benzene rings is 1. The van der Waals surface area contributed by atoms with E-state index in [1.54, 1.807) is 18.2 Å². The molecule has 0 radical (unpaired) electrons. The number of nitrogens with zero attached hydrogens (tertiary/aromatic N) is 3. The molecule has 1 saturated carbocycles. The maximum Gasteiger partial charge on any atom is 0.271 e. The molecule has 1 aliphatic heterocycles. The number of halogens is 2. The molecule has 1 saturated heterocycles. The number of carbonyl (C=O) groups excluding carboxylic acids is 1. The quantitative estimate of drug-likeness (QED) is 0.859. The number of carbonyl (C=O) groups is 1. The third-order valence-electron chi connectivity index (χ3n) is 5.27. The van der Waals surface area contributed by atoms with Crippen LogP contribution in [0, 0.1) is 0 Å². The topological polar surface area (TPSA) is 69.0 Å². The maximum absolute atomic E-state index is 12.9. The molecule has 1 atom stereocenters. The van der Waals surface area contributed by atoms with Gasteiger partial charge in [0.1, 0.15) is 5.69 Å². The van der Waals surface area contributed by atoms with Crippen LogP contribution in [-0.2, 0) is 4.74 Å². The smallest absolute Gasteiger partial charge is 0.271 e. The van der Waals surface area contributed by atoms with Gasteiger partial charge in [0.25, 0.3) is 5.91 Å². The first kappa shape index (κ1) is 17.8. The van der Waals surface area contributed by atoms with Gasteiger partial charge in [0.15, 0.2) is 5.69 Å². The van der Waals surface area contributed by atoms with Crippen LogP contribution >= 0.6 is 23.2 Å². The van der Waals surface area contributed by atoms with Gasteiger partial charge in [-0.2, -0.15) is 0 Å². The normalized spacial score (nSPS) is 21.8. The summed E-state index contributed by atoms with van der Waals surface area (Å²) in [5.74, 6) is -0.231. The van der Waals surface area contributed by atoms with E-state index in [2.05, 4.69) is 15.6 Å². The number of aromatic nitrogens is 3. The third-order valence-corrected chi connectivity index (χ3v) is 5.88. The average Bonchev–Trinajstić information content (AvgIpc) is 3.25. The Balaban J connectivity index is 1.54. The minimum Gasteiger partial charge on any atom is -0.375 e. The van der Waals surface area contributed by atoms with Crippen molar-refractivity contribution in [2.24, 2.45) is 0 Å². The van der Waals surface area contributed by atoms with Crippen LogP contribution in [0.3, 0.4) is 0 Å².